The van der Waals surface area contributed by atoms with Crippen LogP contribution < -0.4 is 15.0 Å². The number of fused-ring (bicyclic) bond motifs is 1. The van der Waals surface area contributed by atoms with Gasteiger partial charge >= 0.3 is 0 Å². The number of sulfone groups is 1. The predicted molar refractivity (Wildman–Crippen MR) is 159 cm³/mol. The van der Waals surface area contributed by atoms with E-state index in [0.29, 0.717) is 36.9 Å². The van der Waals surface area contributed by atoms with Crippen LogP contribution in [0.4, 0.5) is 11.5 Å². The minimum absolute atomic E-state index is 0.171. The van der Waals surface area contributed by atoms with E-state index in [1.54, 1.807) is 36.9 Å². The van der Waals surface area contributed by atoms with Crippen molar-refractivity contribution in [2.45, 2.75) is 11.8 Å². The van der Waals surface area contributed by atoms with Crippen LogP contribution in [0.1, 0.15) is 6.92 Å². The van der Waals surface area contributed by atoms with Crippen molar-refractivity contribution in [3.8, 4) is 16.9 Å². The SMILES string of the molecule is COc1ccc(-c2csc3ncnc(N4CCN(C(=S)CS(=O)(=O)c5ccc(NC(C)=O)cc5)CC4)c23)cc1. The van der Waals surface area contributed by atoms with E-state index < -0.39 is 9.84 Å². The smallest absolute Gasteiger partial charge is 0.221 e. The average Bonchev–Trinajstić information content (AvgIpc) is 3.37. The highest BCUT2D eigenvalue weighted by atomic mass is 32.2. The summed E-state index contributed by atoms with van der Waals surface area (Å²) in [6.45, 7) is 3.87. The third-order valence-electron chi connectivity index (χ3n) is 6.53. The molecule has 1 amide bonds. The molecule has 1 N–H and O–H groups in total. The van der Waals surface area contributed by atoms with Crippen LogP contribution in [0.15, 0.2) is 65.1 Å². The van der Waals surface area contributed by atoms with Crippen LogP contribution in [0, 0.1) is 0 Å². The first-order chi connectivity index (χ1) is 18.7. The van der Waals surface area contributed by atoms with Gasteiger partial charge < -0.3 is 19.9 Å². The summed E-state index contributed by atoms with van der Waals surface area (Å²) in [5.74, 6) is 1.20. The van der Waals surface area contributed by atoms with Gasteiger partial charge in [-0.1, -0.05) is 24.4 Å². The topological polar surface area (TPSA) is 105 Å². The van der Waals surface area contributed by atoms with Gasteiger partial charge in [-0.2, -0.15) is 0 Å². The first kappa shape index (κ1) is 27.0. The molecule has 2 aromatic carbocycles. The second-order valence-electron chi connectivity index (χ2n) is 9.09. The van der Waals surface area contributed by atoms with Crippen molar-refractivity contribution in [2.75, 3.05) is 49.3 Å². The Morgan fingerprint density at radius 2 is 1.74 bits per heavy atom. The first-order valence-corrected chi connectivity index (χ1v) is 15.2. The molecule has 3 heterocycles. The van der Waals surface area contributed by atoms with Crippen LogP contribution in [-0.2, 0) is 14.6 Å². The van der Waals surface area contributed by atoms with Gasteiger partial charge in [0, 0.05) is 49.7 Å². The number of nitrogens with one attached hydrogen (secondary N) is 1. The third-order valence-corrected chi connectivity index (χ3v) is 9.65. The molecule has 202 valence electrons. The first-order valence-electron chi connectivity index (χ1n) is 12.2. The van der Waals surface area contributed by atoms with Gasteiger partial charge in [0.05, 0.1) is 22.4 Å². The summed E-state index contributed by atoms with van der Waals surface area (Å²) in [4.78, 5) is 26.0. The van der Waals surface area contributed by atoms with E-state index in [4.69, 9.17) is 17.0 Å². The normalized spacial score (nSPS) is 13.9. The molecule has 0 bridgehead atoms. The van der Waals surface area contributed by atoms with Crippen LogP contribution in [-0.4, -0.2) is 73.2 Å². The van der Waals surface area contributed by atoms with Gasteiger partial charge in [0.15, 0.2) is 9.84 Å². The van der Waals surface area contributed by atoms with Crippen LogP contribution in [0.5, 0.6) is 5.75 Å². The Morgan fingerprint density at radius 1 is 1.05 bits per heavy atom. The number of thiocarbonyl (C=S) groups is 1. The molecule has 9 nitrogen and oxygen atoms in total. The van der Waals surface area contributed by atoms with Gasteiger partial charge in [0.2, 0.25) is 5.91 Å². The summed E-state index contributed by atoms with van der Waals surface area (Å²) in [6, 6.07) is 14.1. The molecule has 0 spiro atoms. The van der Waals surface area contributed by atoms with E-state index >= 15 is 0 Å². The number of hydrogen-bond donors (Lipinski definition) is 1. The van der Waals surface area contributed by atoms with Crippen LogP contribution in [0.2, 0.25) is 0 Å². The van der Waals surface area contributed by atoms with E-state index in [1.807, 2.05) is 29.2 Å². The summed E-state index contributed by atoms with van der Waals surface area (Å²) in [6.07, 6.45) is 1.59. The zero-order valence-electron chi connectivity index (χ0n) is 21.5. The number of nitrogens with zero attached hydrogens (tertiary/aromatic N) is 4. The second-order valence-corrected chi connectivity index (χ2v) is 12.4. The molecule has 39 heavy (non-hydrogen) atoms. The summed E-state index contributed by atoms with van der Waals surface area (Å²) in [5, 5.41) is 5.74. The Balaban J connectivity index is 1.28. The fourth-order valence-corrected chi connectivity index (χ4v) is 7.32. The van der Waals surface area contributed by atoms with Gasteiger partial charge in [-0.3, -0.25) is 4.79 Å². The fourth-order valence-electron chi connectivity index (χ4n) is 4.54. The lowest BCUT2D eigenvalue weighted by molar-refractivity contribution is -0.114. The predicted octanol–water partition coefficient (Wildman–Crippen LogP) is 4.25. The van der Waals surface area contributed by atoms with E-state index in [1.165, 1.54) is 19.1 Å². The van der Waals surface area contributed by atoms with Crippen LogP contribution in [0.25, 0.3) is 21.3 Å². The van der Waals surface area contributed by atoms with Crippen molar-refractivity contribution >= 4 is 66.0 Å². The van der Waals surface area contributed by atoms with Crippen molar-refractivity contribution in [1.82, 2.24) is 14.9 Å². The lowest BCUT2D eigenvalue weighted by atomic mass is 10.1. The Hall–Kier alpha value is -3.61. The number of anilines is 2. The fraction of sp³-hybridized carbons (Fsp3) is 0.259. The Morgan fingerprint density at radius 3 is 2.38 bits per heavy atom. The number of rotatable bonds is 7. The van der Waals surface area contributed by atoms with Crippen molar-refractivity contribution in [3.05, 3.63) is 60.2 Å². The molecule has 0 unspecified atom stereocenters. The highest BCUT2D eigenvalue weighted by Gasteiger charge is 2.26. The second kappa shape index (κ2) is 11.2. The van der Waals surface area contributed by atoms with Crippen molar-refractivity contribution in [3.63, 3.8) is 0 Å². The lowest BCUT2D eigenvalue weighted by Gasteiger charge is -2.37. The van der Waals surface area contributed by atoms with Crippen molar-refractivity contribution in [1.29, 1.82) is 0 Å². The molecule has 0 radical (unpaired) electrons. The number of carbonyl (C=O) groups is 1. The third kappa shape index (κ3) is 5.87. The van der Waals surface area contributed by atoms with Crippen LogP contribution >= 0.6 is 23.6 Å². The Kier molecular flexibility index (Phi) is 7.78. The summed E-state index contributed by atoms with van der Waals surface area (Å²) < 4.78 is 31.3. The number of ether oxygens (including phenoxy) is 1. The molecular weight excluding hydrogens is 555 g/mol. The maximum absolute atomic E-state index is 13.0. The molecule has 0 aliphatic carbocycles. The average molecular weight is 582 g/mol. The monoisotopic (exact) mass is 581 g/mol. The minimum atomic E-state index is -3.62. The summed E-state index contributed by atoms with van der Waals surface area (Å²) in [7, 11) is -1.97. The standard InChI is InChI=1S/C27H27N5O4S3/c1-18(33)30-20-5-9-22(10-6-20)39(34,35)16-24(37)31-11-13-32(14-12-31)26-25-23(15-38-27(25)29-17-28-26)19-3-7-21(36-2)8-4-19/h3-10,15,17H,11-14,16H2,1-2H3,(H,30,33). The molecule has 0 atom stereocenters. The van der Waals surface area contributed by atoms with E-state index in [2.05, 4.69) is 25.6 Å². The molecule has 1 aliphatic heterocycles. The van der Waals surface area contributed by atoms with Gasteiger partial charge in [-0.05, 0) is 42.0 Å². The number of benzene rings is 2. The number of carbonyl (C=O) groups excluding carboxylic acids is 1. The Labute approximate surface area is 236 Å². The highest BCUT2D eigenvalue weighted by molar-refractivity contribution is 7.94. The number of piperazine rings is 1. The largest absolute Gasteiger partial charge is 0.497 e. The Bertz CT molecular complexity index is 1610. The summed E-state index contributed by atoms with van der Waals surface area (Å²) in [5.41, 5.74) is 2.68. The minimum Gasteiger partial charge on any atom is -0.497 e. The molecular formula is C27H27N5O4S3. The number of amides is 1. The van der Waals surface area contributed by atoms with Crippen molar-refractivity contribution in [2.24, 2.45) is 0 Å². The maximum atomic E-state index is 13.0. The molecule has 1 saturated heterocycles. The van der Waals surface area contributed by atoms with E-state index in [9.17, 15) is 13.2 Å². The maximum Gasteiger partial charge on any atom is 0.221 e. The molecule has 4 aromatic rings. The quantitative estimate of drug-likeness (QED) is 0.321. The van der Waals surface area contributed by atoms with E-state index in [0.717, 1.165) is 32.9 Å². The van der Waals surface area contributed by atoms with Crippen LogP contribution in [0.3, 0.4) is 0 Å². The highest BCUT2D eigenvalue weighted by Crippen LogP contribution is 2.38. The number of methoxy groups -OCH3 is 1. The molecule has 12 heteroatoms. The van der Waals surface area contributed by atoms with Gasteiger partial charge in [-0.25, -0.2) is 18.4 Å². The van der Waals surface area contributed by atoms with Gasteiger partial charge in [-0.15, -0.1) is 11.3 Å². The zero-order chi connectivity index (χ0) is 27.6. The molecule has 1 fully saturated rings. The lowest BCUT2D eigenvalue weighted by Crippen LogP contribution is -2.49. The van der Waals surface area contributed by atoms with E-state index in [-0.39, 0.29) is 16.6 Å². The number of thiophene rings is 1. The van der Waals surface area contributed by atoms with Crippen molar-refractivity contribution < 1.29 is 17.9 Å². The molecule has 0 saturated carbocycles. The molecule has 2 aromatic heterocycles. The number of aromatic nitrogens is 2. The number of hydrogen-bond acceptors (Lipinski definition) is 9. The molecule has 1 aliphatic rings. The summed E-state index contributed by atoms with van der Waals surface area (Å²) >= 11 is 7.15. The van der Waals surface area contributed by atoms with Gasteiger partial charge in [0.1, 0.15) is 28.5 Å². The molecule has 5 rings (SSSR count). The zero-order valence-corrected chi connectivity index (χ0v) is 23.9. The van der Waals surface area contributed by atoms with Gasteiger partial charge in [0.25, 0.3) is 0 Å².